The molecule has 7 heteroatoms. The topological polar surface area (TPSA) is 77.0 Å². The lowest BCUT2D eigenvalue weighted by Crippen LogP contribution is -2.36. The molecule has 0 spiro atoms. The van der Waals surface area contributed by atoms with Gasteiger partial charge >= 0.3 is 0 Å². The minimum absolute atomic E-state index is 0.0120. The fourth-order valence-electron chi connectivity index (χ4n) is 3.54. The van der Waals surface area contributed by atoms with Crippen molar-refractivity contribution in [1.29, 1.82) is 0 Å². The maximum atomic E-state index is 13.0. The van der Waals surface area contributed by atoms with Crippen LogP contribution in [0, 0.1) is 13.8 Å². The highest BCUT2D eigenvalue weighted by atomic mass is 16.4. The maximum Gasteiger partial charge on any atom is 0.254 e. The zero-order valence-corrected chi connectivity index (χ0v) is 16.1. The van der Waals surface area contributed by atoms with Gasteiger partial charge in [0, 0.05) is 47.7 Å². The van der Waals surface area contributed by atoms with E-state index in [1.807, 2.05) is 29.5 Å². The number of carbonyl (C=O) groups is 1. The Hall–Kier alpha value is -2.96. The largest absolute Gasteiger partial charge is 0.440 e. The van der Waals surface area contributed by atoms with Crippen LogP contribution in [0.25, 0.3) is 11.6 Å². The predicted octanol–water partition coefficient (Wildman–Crippen LogP) is 3.33. The van der Waals surface area contributed by atoms with Gasteiger partial charge in [0.15, 0.2) is 5.69 Å². The van der Waals surface area contributed by atoms with E-state index in [2.05, 4.69) is 23.8 Å². The van der Waals surface area contributed by atoms with E-state index < -0.39 is 0 Å². The first-order valence-corrected chi connectivity index (χ1v) is 9.19. The average molecular weight is 365 g/mol. The molecule has 4 rings (SSSR count). The monoisotopic (exact) mass is 365 g/mol. The molecular formula is C20H23N5O2. The van der Waals surface area contributed by atoms with Gasteiger partial charge in [-0.1, -0.05) is 0 Å². The molecule has 3 aromatic rings. The van der Waals surface area contributed by atoms with Crippen LogP contribution in [0.3, 0.4) is 0 Å². The molecule has 0 atom stereocenters. The van der Waals surface area contributed by atoms with Crippen molar-refractivity contribution in [2.24, 2.45) is 0 Å². The SMILES string of the molecule is Cc1cc(C(=O)N2CCc3c(c(-c4ncc(C)o4)nn3C(C)C)C2)ccn1. The van der Waals surface area contributed by atoms with Crippen molar-refractivity contribution in [3.8, 4) is 11.6 Å². The minimum Gasteiger partial charge on any atom is -0.440 e. The number of rotatable bonds is 3. The second-order valence-corrected chi connectivity index (χ2v) is 7.25. The molecule has 4 heterocycles. The molecule has 1 amide bonds. The van der Waals surface area contributed by atoms with E-state index in [0.29, 0.717) is 24.5 Å². The Morgan fingerprint density at radius 1 is 1.26 bits per heavy atom. The van der Waals surface area contributed by atoms with Gasteiger partial charge in [0.1, 0.15) is 5.76 Å². The van der Waals surface area contributed by atoms with Crippen molar-refractivity contribution in [2.75, 3.05) is 6.54 Å². The lowest BCUT2D eigenvalue weighted by atomic mass is 10.0. The summed E-state index contributed by atoms with van der Waals surface area (Å²) in [6, 6.07) is 3.82. The van der Waals surface area contributed by atoms with Crippen molar-refractivity contribution < 1.29 is 9.21 Å². The van der Waals surface area contributed by atoms with Crippen molar-refractivity contribution in [3.63, 3.8) is 0 Å². The first kappa shape index (κ1) is 17.5. The number of carbonyl (C=O) groups excluding carboxylic acids is 1. The molecule has 0 aliphatic carbocycles. The van der Waals surface area contributed by atoms with Crippen molar-refractivity contribution >= 4 is 5.91 Å². The van der Waals surface area contributed by atoms with Crippen molar-refractivity contribution in [1.82, 2.24) is 24.6 Å². The number of pyridine rings is 1. The fourth-order valence-corrected chi connectivity index (χ4v) is 3.54. The van der Waals surface area contributed by atoms with Crippen LogP contribution in [0.4, 0.5) is 0 Å². The van der Waals surface area contributed by atoms with Crippen LogP contribution in [-0.2, 0) is 13.0 Å². The van der Waals surface area contributed by atoms with Gasteiger partial charge in [0.2, 0.25) is 5.89 Å². The summed E-state index contributed by atoms with van der Waals surface area (Å²) >= 11 is 0. The molecule has 0 radical (unpaired) electrons. The quantitative estimate of drug-likeness (QED) is 0.711. The summed E-state index contributed by atoms with van der Waals surface area (Å²) in [5, 5.41) is 4.77. The molecule has 0 saturated heterocycles. The van der Waals surface area contributed by atoms with Crippen LogP contribution in [0.5, 0.6) is 0 Å². The number of amides is 1. The fraction of sp³-hybridized carbons (Fsp3) is 0.400. The summed E-state index contributed by atoms with van der Waals surface area (Å²) in [6.07, 6.45) is 4.13. The average Bonchev–Trinajstić information content (AvgIpc) is 3.24. The number of aryl methyl sites for hydroxylation is 2. The maximum absolute atomic E-state index is 13.0. The Bertz CT molecular complexity index is 1000. The van der Waals surface area contributed by atoms with Gasteiger partial charge < -0.3 is 9.32 Å². The number of oxazole rings is 1. The second kappa shape index (κ2) is 6.64. The summed E-state index contributed by atoms with van der Waals surface area (Å²) in [5.41, 5.74) is 4.41. The summed E-state index contributed by atoms with van der Waals surface area (Å²) in [4.78, 5) is 23.4. The molecule has 7 nitrogen and oxygen atoms in total. The van der Waals surface area contributed by atoms with E-state index in [1.54, 1.807) is 18.5 Å². The van der Waals surface area contributed by atoms with Gasteiger partial charge in [0.05, 0.1) is 12.7 Å². The Labute approximate surface area is 158 Å². The molecule has 0 aromatic carbocycles. The van der Waals surface area contributed by atoms with Crippen LogP contribution < -0.4 is 0 Å². The van der Waals surface area contributed by atoms with Crippen LogP contribution in [0.2, 0.25) is 0 Å². The first-order chi connectivity index (χ1) is 12.9. The molecule has 1 aliphatic rings. The Balaban J connectivity index is 1.72. The molecule has 0 unspecified atom stereocenters. The third kappa shape index (κ3) is 3.13. The van der Waals surface area contributed by atoms with E-state index in [-0.39, 0.29) is 11.9 Å². The number of fused-ring (bicyclic) bond motifs is 1. The van der Waals surface area contributed by atoms with Crippen LogP contribution in [-0.4, -0.2) is 37.1 Å². The van der Waals surface area contributed by atoms with Gasteiger partial charge in [-0.15, -0.1) is 0 Å². The van der Waals surface area contributed by atoms with E-state index in [1.165, 1.54) is 0 Å². The molecule has 0 fully saturated rings. The highest BCUT2D eigenvalue weighted by Crippen LogP contribution is 2.32. The lowest BCUT2D eigenvalue weighted by Gasteiger charge is -2.28. The van der Waals surface area contributed by atoms with Gasteiger partial charge in [-0.25, -0.2) is 4.98 Å². The molecular weight excluding hydrogens is 342 g/mol. The Kier molecular flexibility index (Phi) is 4.30. The normalized spacial score (nSPS) is 13.9. The number of hydrogen-bond acceptors (Lipinski definition) is 5. The Morgan fingerprint density at radius 3 is 2.74 bits per heavy atom. The lowest BCUT2D eigenvalue weighted by molar-refractivity contribution is 0.0733. The molecule has 3 aromatic heterocycles. The van der Waals surface area contributed by atoms with Crippen molar-refractivity contribution in [2.45, 2.75) is 46.7 Å². The molecule has 0 saturated carbocycles. The van der Waals surface area contributed by atoms with Gasteiger partial charge in [0.25, 0.3) is 5.91 Å². The predicted molar refractivity (Wildman–Crippen MR) is 100 cm³/mol. The molecule has 1 aliphatic heterocycles. The highest BCUT2D eigenvalue weighted by molar-refractivity contribution is 5.94. The van der Waals surface area contributed by atoms with Gasteiger partial charge in [-0.05, 0) is 39.8 Å². The molecule has 0 N–H and O–H groups in total. The third-order valence-corrected chi connectivity index (χ3v) is 4.83. The van der Waals surface area contributed by atoms with Crippen molar-refractivity contribution in [3.05, 3.63) is 52.8 Å². The van der Waals surface area contributed by atoms with Gasteiger partial charge in [-0.2, -0.15) is 5.10 Å². The number of hydrogen-bond donors (Lipinski definition) is 0. The van der Waals surface area contributed by atoms with Crippen LogP contribution >= 0.6 is 0 Å². The van der Waals surface area contributed by atoms with Gasteiger partial charge in [-0.3, -0.25) is 14.5 Å². The standard InChI is InChI=1S/C20H23N5O2/c1-12(2)25-17-6-8-24(20(26)15-5-7-21-13(3)9-15)11-16(17)18(23-25)19-22-10-14(4)27-19/h5,7,9-10,12H,6,8,11H2,1-4H3. The number of nitrogens with zero attached hydrogens (tertiary/aromatic N) is 5. The van der Waals surface area contributed by atoms with E-state index >= 15 is 0 Å². The minimum atomic E-state index is 0.0120. The van der Waals surface area contributed by atoms with E-state index in [4.69, 9.17) is 9.52 Å². The first-order valence-electron chi connectivity index (χ1n) is 9.19. The Morgan fingerprint density at radius 2 is 2.07 bits per heavy atom. The van der Waals surface area contributed by atoms with E-state index in [0.717, 1.165) is 34.8 Å². The summed E-state index contributed by atoms with van der Waals surface area (Å²) in [7, 11) is 0. The molecule has 27 heavy (non-hydrogen) atoms. The summed E-state index contributed by atoms with van der Waals surface area (Å²) < 4.78 is 7.76. The third-order valence-electron chi connectivity index (χ3n) is 4.83. The molecule has 140 valence electrons. The smallest absolute Gasteiger partial charge is 0.254 e. The van der Waals surface area contributed by atoms with E-state index in [9.17, 15) is 4.79 Å². The summed E-state index contributed by atoms with van der Waals surface area (Å²) in [6.45, 7) is 9.13. The second-order valence-electron chi connectivity index (χ2n) is 7.25. The zero-order chi connectivity index (χ0) is 19.1. The van der Waals surface area contributed by atoms with Crippen LogP contribution in [0.1, 0.15) is 53.0 Å². The molecule has 0 bridgehead atoms. The highest BCUT2D eigenvalue weighted by Gasteiger charge is 2.30. The summed E-state index contributed by atoms with van der Waals surface area (Å²) in [5.74, 6) is 1.27. The zero-order valence-electron chi connectivity index (χ0n) is 16.1. The number of aromatic nitrogens is 4. The van der Waals surface area contributed by atoms with Crippen LogP contribution in [0.15, 0.2) is 28.9 Å².